The Bertz CT molecular complexity index is 304. The minimum absolute atomic E-state index is 0.0776. The first-order chi connectivity index (χ1) is 6.59. The van der Waals surface area contributed by atoms with Crippen molar-refractivity contribution in [3.8, 4) is 5.88 Å². The van der Waals surface area contributed by atoms with Gasteiger partial charge in [0.15, 0.2) is 5.82 Å². The number of halogens is 2. The van der Waals surface area contributed by atoms with Gasteiger partial charge in [-0.25, -0.2) is 9.37 Å². The molecule has 1 heterocycles. The van der Waals surface area contributed by atoms with Gasteiger partial charge in [-0.1, -0.05) is 13.8 Å². The van der Waals surface area contributed by atoms with Gasteiger partial charge in [0.25, 0.3) is 0 Å². The summed E-state index contributed by atoms with van der Waals surface area (Å²) in [6.07, 6.45) is 2.42. The van der Waals surface area contributed by atoms with Crippen molar-refractivity contribution < 1.29 is 9.13 Å². The number of aromatic nitrogens is 1. The lowest BCUT2D eigenvalue weighted by atomic mass is 10.1. The molecule has 0 spiro atoms. The van der Waals surface area contributed by atoms with Crippen molar-refractivity contribution >= 4 is 15.9 Å². The first-order valence-corrected chi connectivity index (χ1v) is 5.32. The van der Waals surface area contributed by atoms with Crippen LogP contribution in [0.4, 0.5) is 4.39 Å². The lowest BCUT2D eigenvalue weighted by Gasteiger charge is -2.07. The fourth-order valence-corrected chi connectivity index (χ4v) is 1.20. The van der Waals surface area contributed by atoms with E-state index in [1.54, 1.807) is 0 Å². The molecular weight excluding hydrogens is 249 g/mol. The molecule has 0 aromatic carbocycles. The van der Waals surface area contributed by atoms with Crippen LogP contribution in [-0.4, -0.2) is 11.6 Å². The third-order valence-corrected chi connectivity index (χ3v) is 2.14. The van der Waals surface area contributed by atoms with E-state index in [1.165, 1.54) is 12.3 Å². The second kappa shape index (κ2) is 5.29. The van der Waals surface area contributed by atoms with E-state index in [4.69, 9.17) is 4.74 Å². The highest BCUT2D eigenvalue weighted by molar-refractivity contribution is 9.10. The van der Waals surface area contributed by atoms with Crippen molar-refractivity contribution in [1.29, 1.82) is 0 Å². The molecule has 0 fully saturated rings. The molecule has 14 heavy (non-hydrogen) atoms. The molecule has 1 rings (SSSR count). The van der Waals surface area contributed by atoms with Gasteiger partial charge in [-0.05, 0) is 34.3 Å². The fraction of sp³-hybridized carbons (Fsp3) is 0.500. The second-order valence-corrected chi connectivity index (χ2v) is 4.39. The number of hydrogen-bond donors (Lipinski definition) is 0. The molecule has 0 saturated heterocycles. The van der Waals surface area contributed by atoms with Crippen molar-refractivity contribution in [2.45, 2.75) is 20.3 Å². The van der Waals surface area contributed by atoms with Gasteiger partial charge < -0.3 is 4.74 Å². The van der Waals surface area contributed by atoms with Gasteiger partial charge in [-0.2, -0.15) is 0 Å². The fourth-order valence-electron chi connectivity index (χ4n) is 0.900. The summed E-state index contributed by atoms with van der Waals surface area (Å²) < 4.78 is 19.0. The monoisotopic (exact) mass is 261 g/mol. The van der Waals surface area contributed by atoms with E-state index >= 15 is 0 Å². The van der Waals surface area contributed by atoms with Crippen LogP contribution in [0.2, 0.25) is 0 Å². The summed E-state index contributed by atoms with van der Waals surface area (Å²) in [5, 5.41) is 0. The van der Waals surface area contributed by atoms with Crippen LogP contribution < -0.4 is 4.74 Å². The SMILES string of the molecule is CC(C)CCOc1ncc(Br)cc1F. The van der Waals surface area contributed by atoms with Crippen molar-refractivity contribution in [3.05, 3.63) is 22.6 Å². The highest BCUT2D eigenvalue weighted by Gasteiger charge is 2.05. The smallest absolute Gasteiger partial charge is 0.250 e. The first kappa shape index (κ1) is 11.4. The Morgan fingerprint density at radius 3 is 2.86 bits per heavy atom. The molecule has 4 heteroatoms. The van der Waals surface area contributed by atoms with Gasteiger partial charge >= 0.3 is 0 Å². The molecule has 0 atom stereocenters. The van der Waals surface area contributed by atoms with Crippen molar-refractivity contribution in [2.75, 3.05) is 6.61 Å². The first-order valence-electron chi connectivity index (χ1n) is 4.53. The Hall–Kier alpha value is -0.640. The zero-order chi connectivity index (χ0) is 10.6. The molecule has 0 amide bonds. The number of hydrogen-bond acceptors (Lipinski definition) is 2. The summed E-state index contributed by atoms with van der Waals surface area (Å²) in [6.45, 7) is 4.69. The van der Waals surface area contributed by atoms with Gasteiger partial charge in [0.2, 0.25) is 5.88 Å². The van der Waals surface area contributed by atoms with Gasteiger partial charge in [0.05, 0.1) is 6.61 Å². The lowest BCUT2D eigenvalue weighted by molar-refractivity contribution is 0.265. The summed E-state index contributed by atoms with van der Waals surface area (Å²) >= 11 is 3.13. The predicted octanol–water partition coefficient (Wildman–Crippen LogP) is 3.41. The Morgan fingerprint density at radius 1 is 1.57 bits per heavy atom. The molecule has 78 valence electrons. The van der Waals surface area contributed by atoms with Gasteiger partial charge in [0.1, 0.15) is 0 Å². The van der Waals surface area contributed by atoms with E-state index in [0.717, 1.165) is 6.42 Å². The van der Waals surface area contributed by atoms with E-state index in [-0.39, 0.29) is 5.88 Å². The summed E-state index contributed by atoms with van der Waals surface area (Å²) in [5.74, 6) is 0.200. The zero-order valence-corrected chi connectivity index (χ0v) is 9.84. The minimum atomic E-state index is -0.428. The lowest BCUT2D eigenvalue weighted by Crippen LogP contribution is -2.04. The van der Waals surface area contributed by atoms with Crippen molar-refractivity contribution in [3.63, 3.8) is 0 Å². The van der Waals surface area contributed by atoms with E-state index in [9.17, 15) is 4.39 Å². The van der Waals surface area contributed by atoms with Crippen molar-refractivity contribution in [1.82, 2.24) is 4.98 Å². The molecule has 1 aromatic rings. The van der Waals surface area contributed by atoms with Gasteiger partial charge in [-0.15, -0.1) is 0 Å². The van der Waals surface area contributed by atoms with Crippen LogP contribution in [0, 0.1) is 11.7 Å². The van der Waals surface area contributed by atoms with Crippen LogP contribution in [-0.2, 0) is 0 Å². The highest BCUT2D eigenvalue weighted by Crippen LogP contribution is 2.18. The minimum Gasteiger partial charge on any atom is -0.476 e. The van der Waals surface area contributed by atoms with Crippen LogP contribution in [0.25, 0.3) is 0 Å². The topological polar surface area (TPSA) is 22.1 Å². The summed E-state index contributed by atoms with van der Waals surface area (Å²) in [6, 6.07) is 1.34. The van der Waals surface area contributed by atoms with E-state index in [1.807, 2.05) is 0 Å². The Balaban J connectivity index is 2.51. The van der Waals surface area contributed by atoms with Crippen LogP contribution in [0.15, 0.2) is 16.7 Å². The molecule has 0 aliphatic rings. The molecule has 0 radical (unpaired) electrons. The molecule has 0 unspecified atom stereocenters. The van der Waals surface area contributed by atoms with Crippen molar-refractivity contribution in [2.24, 2.45) is 5.92 Å². The maximum Gasteiger partial charge on any atom is 0.250 e. The Morgan fingerprint density at radius 2 is 2.29 bits per heavy atom. The Labute approximate surface area is 91.6 Å². The normalized spacial score (nSPS) is 10.6. The van der Waals surface area contributed by atoms with E-state index < -0.39 is 5.82 Å². The quantitative estimate of drug-likeness (QED) is 0.829. The molecule has 2 nitrogen and oxygen atoms in total. The van der Waals surface area contributed by atoms with Crippen LogP contribution in [0.1, 0.15) is 20.3 Å². The standard InChI is InChI=1S/C10H13BrFNO/c1-7(2)3-4-14-10-9(12)5-8(11)6-13-10/h5-7H,3-4H2,1-2H3. The molecule has 1 aromatic heterocycles. The van der Waals surface area contributed by atoms with E-state index in [0.29, 0.717) is 17.0 Å². The summed E-state index contributed by atoms with van der Waals surface area (Å²) in [7, 11) is 0. The summed E-state index contributed by atoms with van der Waals surface area (Å²) in [5.41, 5.74) is 0. The maximum atomic E-state index is 13.2. The molecule has 0 aliphatic carbocycles. The zero-order valence-electron chi connectivity index (χ0n) is 8.26. The molecule has 0 N–H and O–H groups in total. The van der Waals surface area contributed by atoms with Crippen LogP contribution >= 0.6 is 15.9 Å². The number of rotatable bonds is 4. The second-order valence-electron chi connectivity index (χ2n) is 3.47. The predicted molar refractivity (Wildman–Crippen MR) is 56.8 cm³/mol. The van der Waals surface area contributed by atoms with Gasteiger partial charge in [-0.3, -0.25) is 0 Å². The van der Waals surface area contributed by atoms with Crippen LogP contribution in [0.5, 0.6) is 5.88 Å². The third-order valence-electron chi connectivity index (χ3n) is 1.71. The molecule has 0 saturated carbocycles. The third kappa shape index (κ3) is 3.62. The average Bonchev–Trinajstić information content (AvgIpc) is 2.08. The molecule has 0 aliphatic heterocycles. The van der Waals surface area contributed by atoms with Gasteiger partial charge in [0, 0.05) is 10.7 Å². The number of ether oxygens (including phenoxy) is 1. The average molecular weight is 262 g/mol. The number of nitrogens with zero attached hydrogens (tertiary/aromatic N) is 1. The summed E-state index contributed by atoms with van der Waals surface area (Å²) in [4.78, 5) is 3.83. The molecular formula is C10H13BrFNO. The highest BCUT2D eigenvalue weighted by atomic mass is 79.9. The van der Waals surface area contributed by atoms with E-state index in [2.05, 4.69) is 34.8 Å². The maximum absolute atomic E-state index is 13.2. The Kier molecular flexibility index (Phi) is 4.32. The number of pyridine rings is 1. The van der Waals surface area contributed by atoms with Crippen LogP contribution in [0.3, 0.4) is 0 Å². The largest absolute Gasteiger partial charge is 0.476 e. The molecule has 0 bridgehead atoms.